The van der Waals surface area contributed by atoms with Crippen LogP contribution < -0.4 is 16.0 Å². The lowest BCUT2D eigenvalue weighted by atomic mass is 9.91. The van der Waals surface area contributed by atoms with Crippen LogP contribution in [0.4, 0.5) is 0 Å². The van der Waals surface area contributed by atoms with E-state index in [-0.39, 0.29) is 24.1 Å². The van der Waals surface area contributed by atoms with E-state index in [1.807, 2.05) is 12.1 Å². The lowest BCUT2D eigenvalue weighted by molar-refractivity contribution is -0.136. The zero-order valence-electron chi connectivity index (χ0n) is 15.2. The van der Waals surface area contributed by atoms with E-state index in [4.69, 9.17) is 0 Å². The molecule has 1 aromatic rings. The summed E-state index contributed by atoms with van der Waals surface area (Å²) in [7, 11) is 0. The number of hydrogen-bond donors (Lipinski definition) is 3. The quantitative estimate of drug-likeness (QED) is 0.650. The predicted molar refractivity (Wildman–Crippen MR) is 97.7 cm³/mol. The third-order valence-electron chi connectivity index (χ3n) is 6.58. The van der Waals surface area contributed by atoms with Gasteiger partial charge in [0, 0.05) is 49.6 Å². The van der Waals surface area contributed by atoms with Crippen LogP contribution in [-0.4, -0.2) is 47.3 Å². The third kappa shape index (κ3) is 2.85. The molecule has 3 N–H and O–H groups in total. The van der Waals surface area contributed by atoms with Gasteiger partial charge in [-0.25, -0.2) is 0 Å². The molecule has 27 heavy (non-hydrogen) atoms. The van der Waals surface area contributed by atoms with E-state index in [2.05, 4.69) is 22.0 Å². The molecule has 1 unspecified atom stereocenters. The van der Waals surface area contributed by atoms with E-state index in [1.165, 1.54) is 18.4 Å². The molecular formula is C20H24N4O3. The SMILES string of the molecule is O=C1CCC(N2Cc3cc(CNC4(C5CNC5)CC4)ccc3C2=O)C(=O)N1. The van der Waals surface area contributed by atoms with Crippen LogP contribution in [0.1, 0.15) is 47.2 Å². The van der Waals surface area contributed by atoms with Crippen molar-refractivity contribution in [3.05, 3.63) is 34.9 Å². The van der Waals surface area contributed by atoms with Crippen molar-refractivity contribution in [3.63, 3.8) is 0 Å². The van der Waals surface area contributed by atoms with E-state index < -0.39 is 6.04 Å². The van der Waals surface area contributed by atoms with Crippen LogP contribution >= 0.6 is 0 Å². The van der Waals surface area contributed by atoms with Crippen LogP contribution in [0.25, 0.3) is 0 Å². The van der Waals surface area contributed by atoms with Gasteiger partial charge >= 0.3 is 0 Å². The van der Waals surface area contributed by atoms with Gasteiger partial charge in [0.15, 0.2) is 0 Å². The Labute approximate surface area is 157 Å². The molecule has 0 aromatic heterocycles. The molecule has 4 aliphatic rings. The Morgan fingerprint density at radius 2 is 2.00 bits per heavy atom. The van der Waals surface area contributed by atoms with Crippen LogP contribution in [0.15, 0.2) is 18.2 Å². The average molecular weight is 368 g/mol. The maximum absolute atomic E-state index is 12.7. The van der Waals surface area contributed by atoms with Gasteiger partial charge in [-0.05, 0) is 36.5 Å². The standard InChI is InChI=1S/C20H24N4O3/c25-17-4-3-16(18(26)23-17)24-11-13-7-12(1-2-15(13)19(24)27)8-22-20(5-6-20)14-9-21-10-14/h1-2,7,14,16,21-22H,3-6,8-11H2,(H,23,25,26). The molecule has 3 fully saturated rings. The van der Waals surface area contributed by atoms with Gasteiger partial charge in [0.1, 0.15) is 6.04 Å². The first-order valence-electron chi connectivity index (χ1n) is 9.78. The van der Waals surface area contributed by atoms with Crippen molar-refractivity contribution in [1.29, 1.82) is 0 Å². The molecule has 7 nitrogen and oxygen atoms in total. The number of carbonyl (C=O) groups is 3. The molecule has 1 saturated carbocycles. The van der Waals surface area contributed by atoms with E-state index in [0.717, 1.165) is 31.1 Å². The minimum Gasteiger partial charge on any atom is -0.322 e. The first-order chi connectivity index (χ1) is 13.1. The van der Waals surface area contributed by atoms with Crippen molar-refractivity contribution in [2.75, 3.05) is 13.1 Å². The summed E-state index contributed by atoms with van der Waals surface area (Å²) in [4.78, 5) is 37.8. The second-order valence-electron chi connectivity index (χ2n) is 8.26. The van der Waals surface area contributed by atoms with Gasteiger partial charge < -0.3 is 15.5 Å². The molecule has 0 radical (unpaired) electrons. The average Bonchev–Trinajstić information content (AvgIpc) is 3.30. The van der Waals surface area contributed by atoms with Gasteiger partial charge in [-0.3, -0.25) is 19.7 Å². The van der Waals surface area contributed by atoms with Crippen molar-refractivity contribution in [2.24, 2.45) is 5.92 Å². The van der Waals surface area contributed by atoms with Gasteiger partial charge in [0.25, 0.3) is 5.91 Å². The second-order valence-corrected chi connectivity index (χ2v) is 8.26. The van der Waals surface area contributed by atoms with E-state index in [1.54, 1.807) is 4.90 Å². The van der Waals surface area contributed by atoms with E-state index in [9.17, 15) is 14.4 Å². The number of rotatable bonds is 5. The van der Waals surface area contributed by atoms with Gasteiger partial charge in [0.2, 0.25) is 11.8 Å². The number of piperidine rings is 1. The minimum atomic E-state index is -0.551. The van der Waals surface area contributed by atoms with Crippen LogP contribution in [0, 0.1) is 5.92 Å². The van der Waals surface area contributed by atoms with Gasteiger partial charge in [-0.1, -0.05) is 12.1 Å². The number of nitrogens with zero attached hydrogens (tertiary/aromatic N) is 1. The van der Waals surface area contributed by atoms with Crippen molar-refractivity contribution in [2.45, 2.75) is 50.4 Å². The Balaban J connectivity index is 1.28. The number of imide groups is 1. The molecule has 7 heteroatoms. The highest BCUT2D eigenvalue weighted by atomic mass is 16.2. The van der Waals surface area contributed by atoms with Crippen LogP contribution in [0.2, 0.25) is 0 Å². The summed E-state index contributed by atoms with van der Waals surface area (Å²) >= 11 is 0. The van der Waals surface area contributed by atoms with E-state index >= 15 is 0 Å². The maximum atomic E-state index is 12.7. The minimum absolute atomic E-state index is 0.113. The summed E-state index contributed by atoms with van der Waals surface area (Å²) in [5.41, 5.74) is 3.12. The highest BCUT2D eigenvalue weighted by Gasteiger charge is 2.50. The Hall–Kier alpha value is -2.25. The topological polar surface area (TPSA) is 90.5 Å². The molecule has 0 bridgehead atoms. The molecule has 142 valence electrons. The van der Waals surface area contributed by atoms with E-state index in [0.29, 0.717) is 24.1 Å². The molecule has 2 saturated heterocycles. The number of hydrogen-bond acceptors (Lipinski definition) is 5. The summed E-state index contributed by atoms with van der Waals surface area (Å²) in [6.07, 6.45) is 3.17. The monoisotopic (exact) mass is 368 g/mol. The first-order valence-corrected chi connectivity index (χ1v) is 9.78. The molecule has 1 aliphatic carbocycles. The zero-order chi connectivity index (χ0) is 18.6. The van der Waals surface area contributed by atoms with Crippen LogP contribution in [0.5, 0.6) is 0 Å². The summed E-state index contributed by atoms with van der Waals surface area (Å²) in [5, 5.41) is 9.43. The van der Waals surface area contributed by atoms with Gasteiger partial charge in [-0.15, -0.1) is 0 Å². The summed E-state index contributed by atoms with van der Waals surface area (Å²) in [6, 6.07) is 5.42. The molecule has 3 aliphatic heterocycles. The fourth-order valence-corrected chi connectivity index (χ4v) is 4.56. The lowest BCUT2D eigenvalue weighted by Crippen LogP contribution is -2.54. The molecule has 3 heterocycles. The van der Waals surface area contributed by atoms with Gasteiger partial charge in [-0.2, -0.15) is 0 Å². The number of amides is 3. The Bertz CT molecular complexity index is 829. The highest BCUT2D eigenvalue weighted by Crippen LogP contribution is 2.44. The van der Waals surface area contributed by atoms with Crippen molar-refractivity contribution in [1.82, 2.24) is 20.9 Å². The summed E-state index contributed by atoms with van der Waals surface area (Å²) in [5.74, 6) is -0.00162. The Morgan fingerprint density at radius 1 is 1.19 bits per heavy atom. The first kappa shape index (κ1) is 16.9. The summed E-state index contributed by atoms with van der Waals surface area (Å²) in [6.45, 7) is 3.45. The van der Waals surface area contributed by atoms with Crippen molar-refractivity contribution < 1.29 is 14.4 Å². The number of fused-ring (bicyclic) bond motifs is 1. The Kier molecular flexibility index (Phi) is 3.84. The molecule has 1 atom stereocenters. The normalized spacial score (nSPS) is 26.6. The smallest absolute Gasteiger partial charge is 0.255 e. The second kappa shape index (κ2) is 6.14. The highest BCUT2D eigenvalue weighted by molar-refractivity contribution is 6.05. The number of carbonyl (C=O) groups excluding carboxylic acids is 3. The predicted octanol–water partition coefficient (Wildman–Crippen LogP) is 0.289. The summed E-state index contributed by atoms with van der Waals surface area (Å²) < 4.78 is 0. The fraction of sp³-hybridized carbons (Fsp3) is 0.550. The molecule has 3 amide bonds. The molecular weight excluding hydrogens is 344 g/mol. The van der Waals surface area contributed by atoms with Crippen LogP contribution in [-0.2, 0) is 22.7 Å². The number of nitrogens with one attached hydrogen (secondary N) is 3. The maximum Gasteiger partial charge on any atom is 0.255 e. The lowest BCUT2D eigenvalue weighted by Gasteiger charge is -2.36. The van der Waals surface area contributed by atoms with Gasteiger partial charge in [0.05, 0.1) is 0 Å². The molecule has 1 aromatic carbocycles. The molecule has 0 spiro atoms. The largest absolute Gasteiger partial charge is 0.322 e. The Morgan fingerprint density at radius 3 is 2.67 bits per heavy atom. The van der Waals surface area contributed by atoms with Crippen molar-refractivity contribution >= 4 is 17.7 Å². The third-order valence-corrected chi connectivity index (χ3v) is 6.58. The fourth-order valence-electron chi connectivity index (χ4n) is 4.56. The zero-order valence-corrected chi connectivity index (χ0v) is 15.2. The van der Waals surface area contributed by atoms with Crippen molar-refractivity contribution in [3.8, 4) is 0 Å². The number of benzene rings is 1. The molecule has 5 rings (SSSR count). The van der Waals surface area contributed by atoms with Crippen LogP contribution in [0.3, 0.4) is 0 Å².